The number of anilines is 2. The highest BCUT2D eigenvalue weighted by Gasteiger charge is 2.37. The molecule has 298 valence electrons. The molecule has 8 rings (SSSR count). The SMILES string of the molecule is Cc1cc(N=C(N)/C=C(Nc2cccc3c2N(C)C(C)c2c-3cnn2C2CN(Cc3cccc(C(=O)N4CCCC4)n3)C2)\C(N)=C/O)nc(CCN2CCCC2)n1. The number of hydrogen-bond acceptors (Lipinski definition) is 12. The van der Waals surface area contributed by atoms with Crippen molar-refractivity contribution >= 4 is 28.9 Å². The van der Waals surface area contributed by atoms with Gasteiger partial charge in [0, 0.05) is 81.7 Å². The minimum atomic E-state index is 0.00686. The van der Waals surface area contributed by atoms with Gasteiger partial charge in [-0.05, 0) is 70.8 Å². The number of aliphatic imine (C=N–C) groups is 1. The van der Waals surface area contributed by atoms with E-state index in [9.17, 15) is 9.90 Å². The van der Waals surface area contributed by atoms with E-state index in [0.717, 1.165) is 117 Å². The fraction of sp³-hybridized carbons (Fsp3) is 0.429. The molecule has 0 bridgehead atoms. The molecule has 1 unspecified atom stereocenters. The molecule has 4 aliphatic rings. The Balaban J connectivity index is 0.982. The average Bonchev–Trinajstić information content (AvgIpc) is 4.00. The third-order valence-electron chi connectivity index (χ3n) is 11.6. The van der Waals surface area contributed by atoms with E-state index in [1.54, 1.807) is 12.1 Å². The lowest BCUT2D eigenvalue weighted by atomic mass is 9.93. The molecular formula is C42H53N13O2. The molecule has 0 aliphatic carbocycles. The average molecular weight is 772 g/mol. The van der Waals surface area contributed by atoms with Gasteiger partial charge in [0.2, 0.25) is 0 Å². The molecule has 15 nitrogen and oxygen atoms in total. The number of carbonyl (C=O) groups is 1. The van der Waals surface area contributed by atoms with Gasteiger partial charge in [0.15, 0.2) is 5.82 Å². The molecule has 3 fully saturated rings. The van der Waals surface area contributed by atoms with Crippen molar-refractivity contribution in [1.82, 2.24) is 39.4 Å². The lowest BCUT2D eigenvalue weighted by Gasteiger charge is -2.42. The number of aromatic nitrogens is 5. The summed E-state index contributed by atoms with van der Waals surface area (Å²) < 4.78 is 2.18. The van der Waals surface area contributed by atoms with Gasteiger partial charge in [-0.1, -0.05) is 18.2 Å². The lowest BCUT2D eigenvalue weighted by molar-refractivity contribution is 0.0781. The van der Waals surface area contributed by atoms with Crippen LogP contribution in [0, 0.1) is 6.92 Å². The third kappa shape index (κ3) is 8.07. The van der Waals surface area contributed by atoms with Gasteiger partial charge in [0.1, 0.15) is 23.6 Å². The molecule has 0 spiro atoms. The molecule has 57 heavy (non-hydrogen) atoms. The summed E-state index contributed by atoms with van der Waals surface area (Å²) in [6.07, 6.45) is 9.76. The number of nitrogens with zero attached hydrogens (tertiary/aromatic N) is 10. The Morgan fingerprint density at radius 1 is 0.982 bits per heavy atom. The van der Waals surface area contributed by atoms with Crippen LogP contribution in [0.5, 0.6) is 0 Å². The minimum absolute atomic E-state index is 0.00686. The van der Waals surface area contributed by atoms with Crippen molar-refractivity contribution in [2.75, 3.05) is 63.1 Å². The van der Waals surface area contributed by atoms with Gasteiger partial charge < -0.3 is 36.6 Å². The molecule has 4 aliphatic heterocycles. The lowest BCUT2D eigenvalue weighted by Crippen LogP contribution is -2.48. The second-order valence-electron chi connectivity index (χ2n) is 15.6. The number of aliphatic hydroxyl groups is 1. The quantitative estimate of drug-likeness (QED) is 0.0668. The summed E-state index contributed by atoms with van der Waals surface area (Å²) in [6, 6.07) is 13.9. The zero-order valence-electron chi connectivity index (χ0n) is 33.1. The van der Waals surface area contributed by atoms with Crippen molar-refractivity contribution in [2.45, 2.75) is 64.6 Å². The molecule has 6 N–H and O–H groups in total. The molecule has 1 aromatic carbocycles. The first kappa shape index (κ1) is 38.1. The van der Waals surface area contributed by atoms with Crippen LogP contribution in [-0.2, 0) is 13.0 Å². The highest BCUT2D eigenvalue weighted by Crippen LogP contribution is 2.48. The van der Waals surface area contributed by atoms with Crippen LogP contribution in [-0.4, -0.2) is 109 Å². The normalized spacial score (nSPS) is 19.5. The molecule has 4 aromatic rings. The van der Waals surface area contributed by atoms with Crippen LogP contribution in [0.2, 0.25) is 0 Å². The number of para-hydroxylation sites is 1. The van der Waals surface area contributed by atoms with Crippen LogP contribution in [0.15, 0.2) is 77.4 Å². The smallest absolute Gasteiger partial charge is 0.272 e. The largest absolute Gasteiger partial charge is 0.513 e. The highest BCUT2D eigenvalue weighted by molar-refractivity contribution is 5.96. The molecule has 15 heteroatoms. The summed E-state index contributed by atoms with van der Waals surface area (Å²) in [6.45, 7) is 11.3. The van der Waals surface area contributed by atoms with Crippen molar-refractivity contribution < 1.29 is 9.90 Å². The number of aryl methyl sites for hydroxylation is 1. The number of pyridine rings is 1. The minimum Gasteiger partial charge on any atom is -0.513 e. The summed E-state index contributed by atoms with van der Waals surface area (Å²) >= 11 is 0. The van der Waals surface area contributed by atoms with Gasteiger partial charge in [0.25, 0.3) is 5.91 Å². The van der Waals surface area contributed by atoms with E-state index < -0.39 is 0 Å². The summed E-state index contributed by atoms with van der Waals surface area (Å²) in [4.78, 5) is 40.5. The zero-order chi connectivity index (χ0) is 39.6. The number of fused-ring (bicyclic) bond motifs is 3. The monoisotopic (exact) mass is 771 g/mol. The van der Waals surface area contributed by atoms with E-state index in [0.29, 0.717) is 23.8 Å². The van der Waals surface area contributed by atoms with E-state index in [-0.39, 0.29) is 29.5 Å². The Bertz CT molecular complexity index is 2210. The maximum absolute atomic E-state index is 12.9. The number of hydrogen-bond donors (Lipinski definition) is 4. The number of nitrogens with one attached hydrogen (secondary N) is 1. The van der Waals surface area contributed by atoms with Gasteiger partial charge >= 0.3 is 0 Å². The Labute approximate surface area is 333 Å². The Hall–Kier alpha value is -5.80. The standard InChI is InChI=1S/C42H53N13O2/c1-27-20-39(50-38(46-27)14-19-52-15-4-5-16-52)49-37(44)21-36(33(43)26-56)48-34-12-9-11-31-32-22-45-55(40(32)28(2)51(3)41(31)34)30-24-53(25-30)23-29-10-8-13-35(47-29)42(57)54-17-6-7-18-54/h8-13,20-22,26,28,30,48,56H,4-7,14-19,23-25,43H2,1-3H3,(H2,44,46,49,50)/b33-26+,36-21+. The number of aliphatic hydroxyl groups excluding tert-OH is 1. The molecular weight excluding hydrogens is 719 g/mol. The summed E-state index contributed by atoms with van der Waals surface area (Å²) in [7, 11) is 2.08. The Morgan fingerprint density at radius 3 is 2.51 bits per heavy atom. The number of benzene rings is 1. The van der Waals surface area contributed by atoms with Crippen LogP contribution in [0.1, 0.15) is 78.1 Å². The summed E-state index contributed by atoms with van der Waals surface area (Å²) in [5.74, 6) is 1.41. The maximum atomic E-state index is 12.9. The molecule has 0 saturated carbocycles. The number of amidine groups is 1. The van der Waals surface area contributed by atoms with Gasteiger partial charge in [-0.25, -0.2) is 19.9 Å². The first-order valence-corrected chi connectivity index (χ1v) is 20.1. The number of likely N-dealkylation sites (tertiary alicyclic amines) is 3. The number of carbonyl (C=O) groups excluding carboxylic acids is 1. The second-order valence-corrected chi connectivity index (χ2v) is 15.6. The van der Waals surface area contributed by atoms with Crippen LogP contribution in [0.4, 0.5) is 17.2 Å². The molecule has 0 radical (unpaired) electrons. The number of nitrogens with two attached hydrogens (primary N) is 2. The number of rotatable bonds is 12. The summed E-state index contributed by atoms with van der Waals surface area (Å²) in [5.41, 5.74) is 20.6. The molecule has 3 saturated heterocycles. The second kappa shape index (κ2) is 16.4. The predicted octanol–water partition coefficient (Wildman–Crippen LogP) is 4.83. The van der Waals surface area contributed by atoms with Crippen molar-refractivity contribution in [3.8, 4) is 11.1 Å². The van der Waals surface area contributed by atoms with Crippen molar-refractivity contribution in [3.63, 3.8) is 0 Å². The van der Waals surface area contributed by atoms with E-state index in [1.807, 2.05) is 48.4 Å². The zero-order valence-corrected chi connectivity index (χ0v) is 33.1. The van der Waals surface area contributed by atoms with Crippen LogP contribution >= 0.6 is 0 Å². The predicted molar refractivity (Wildman–Crippen MR) is 222 cm³/mol. The molecule has 1 amide bonds. The van der Waals surface area contributed by atoms with Crippen molar-refractivity contribution in [1.29, 1.82) is 0 Å². The van der Waals surface area contributed by atoms with Crippen LogP contribution in [0.25, 0.3) is 11.1 Å². The molecule has 1 atom stereocenters. The molecule has 7 heterocycles. The van der Waals surface area contributed by atoms with Gasteiger partial charge in [-0.15, -0.1) is 0 Å². The summed E-state index contributed by atoms with van der Waals surface area (Å²) in [5, 5.41) is 18.4. The fourth-order valence-corrected chi connectivity index (χ4v) is 8.49. The molecule has 3 aromatic heterocycles. The van der Waals surface area contributed by atoms with Crippen molar-refractivity contribution in [2.24, 2.45) is 16.5 Å². The van der Waals surface area contributed by atoms with Crippen LogP contribution in [0.3, 0.4) is 0 Å². The number of amides is 1. The van der Waals surface area contributed by atoms with Crippen molar-refractivity contribution in [3.05, 3.63) is 101 Å². The van der Waals surface area contributed by atoms with E-state index in [1.165, 1.54) is 12.8 Å². The topological polar surface area (TPSA) is 183 Å². The van der Waals surface area contributed by atoms with E-state index in [4.69, 9.17) is 21.5 Å². The first-order chi connectivity index (χ1) is 27.6. The Morgan fingerprint density at radius 2 is 1.74 bits per heavy atom. The van der Waals surface area contributed by atoms with E-state index in [2.05, 4.69) is 59.7 Å². The fourth-order valence-electron chi connectivity index (χ4n) is 8.49. The Kier molecular flexibility index (Phi) is 10.9. The van der Waals surface area contributed by atoms with Gasteiger partial charge in [-0.2, -0.15) is 5.10 Å². The highest BCUT2D eigenvalue weighted by atomic mass is 16.2. The van der Waals surface area contributed by atoms with E-state index >= 15 is 0 Å². The van der Waals surface area contributed by atoms with Crippen LogP contribution < -0.4 is 21.7 Å². The third-order valence-corrected chi connectivity index (χ3v) is 11.6. The van der Waals surface area contributed by atoms with Gasteiger partial charge in [-0.3, -0.25) is 14.4 Å². The first-order valence-electron chi connectivity index (χ1n) is 20.1. The van der Waals surface area contributed by atoms with Gasteiger partial charge in [0.05, 0.1) is 52.4 Å². The maximum Gasteiger partial charge on any atom is 0.272 e.